The van der Waals surface area contributed by atoms with Gasteiger partial charge in [0.2, 0.25) is 70.9 Å². The molecule has 2 bridgehead atoms. The Labute approximate surface area is 628 Å². The summed E-state index contributed by atoms with van der Waals surface area (Å²) in [5.74, 6) is -13.6. The van der Waals surface area contributed by atoms with Gasteiger partial charge in [0.25, 0.3) is 0 Å². The lowest BCUT2D eigenvalue weighted by Gasteiger charge is -2.54. The van der Waals surface area contributed by atoms with Crippen LogP contribution in [0.3, 0.4) is 0 Å². The minimum absolute atomic E-state index is 0.00285. The van der Waals surface area contributed by atoms with E-state index < -0.39 is 217 Å². The van der Waals surface area contributed by atoms with E-state index in [1.54, 1.807) is 45.6 Å². The molecule has 0 aromatic rings. The summed E-state index contributed by atoms with van der Waals surface area (Å²) in [7, 11) is 9.55. The highest BCUT2D eigenvalue weighted by molar-refractivity contribution is 6.01. The van der Waals surface area contributed by atoms with Gasteiger partial charge in [-0.2, -0.15) is 13.2 Å². The second-order valence-electron chi connectivity index (χ2n) is 32.7. The van der Waals surface area contributed by atoms with Gasteiger partial charge in [0.1, 0.15) is 72.1 Å². The Bertz CT molecular complexity index is 3190. The Morgan fingerprint density at radius 3 is 1.85 bits per heavy atom. The second-order valence-corrected chi connectivity index (χ2v) is 32.7. The zero-order valence-electron chi connectivity index (χ0n) is 65.7. The molecular formula is C76H121F5N12O14. The van der Waals surface area contributed by atoms with Gasteiger partial charge in [-0.1, -0.05) is 99.1 Å². The summed E-state index contributed by atoms with van der Waals surface area (Å²) in [6.45, 7) is 13.5. The van der Waals surface area contributed by atoms with Crippen LogP contribution in [0.5, 0.6) is 0 Å². The van der Waals surface area contributed by atoms with Gasteiger partial charge >= 0.3 is 6.18 Å². The maximum absolute atomic E-state index is 15.7. The van der Waals surface area contributed by atoms with Crippen molar-refractivity contribution in [2.24, 2.45) is 40.9 Å². The van der Waals surface area contributed by atoms with Crippen LogP contribution in [0.25, 0.3) is 0 Å². The predicted molar refractivity (Wildman–Crippen MR) is 387 cm³/mol. The van der Waals surface area contributed by atoms with Gasteiger partial charge in [-0.05, 0) is 113 Å². The fourth-order valence-corrected chi connectivity index (χ4v) is 17.3. The van der Waals surface area contributed by atoms with Gasteiger partial charge in [-0.15, -0.1) is 0 Å². The molecular weight excluding hydrogens is 1400 g/mol. The van der Waals surface area contributed by atoms with Crippen LogP contribution in [-0.2, 0) is 67.0 Å². The van der Waals surface area contributed by atoms with Gasteiger partial charge in [0.15, 0.2) is 0 Å². The van der Waals surface area contributed by atoms with Gasteiger partial charge in [-0.3, -0.25) is 57.5 Å². The Hall–Kier alpha value is -7.05. The van der Waals surface area contributed by atoms with E-state index in [4.69, 9.17) is 9.47 Å². The molecule has 3 saturated heterocycles. The summed E-state index contributed by atoms with van der Waals surface area (Å²) in [5, 5.41) is 8.54. The summed E-state index contributed by atoms with van der Waals surface area (Å²) in [5.41, 5.74) is -2.32. The third-order valence-corrected chi connectivity index (χ3v) is 24.0. The van der Waals surface area contributed by atoms with Crippen molar-refractivity contribution in [3.8, 4) is 0 Å². The summed E-state index contributed by atoms with van der Waals surface area (Å²) in [6, 6.07) is -11.0. The molecule has 31 heteroatoms. The molecule has 1 spiro atoms. The number of likely N-dealkylation sites (N-methyl/N-ethyl adjacent to an activating group) is 6. The minimum Gasteiger partial charge on any atom is -0.382 e. The second kappa shape index (κ2) is 37.6. The normalized spacial score (nSPS) is 32.6. The molecule has 3 aliphatic carbocycles. The molecule has 107 heavy (non-hydrogen) atoms. The molecule has 0 aromatic heterocycles. The van der Waals surface area contributed by atoms with E-state index in [9.17, 15) is 41.9 Å². The zero-order chi connectivity index (χ0) is 79.5. The molecule has 0 radical (unpaired) electrons. The van der Waals surface area contributed by atoms with Crippen LogP contribution in [0.1, 0.15) is 177 Å². The van der Waals surface area contributed by atoms with E-state index in [-0.39, 0.29) is 70.7 Å². The standard InChI is InChI=1S/C76H121F5N12O14/c1-16-46(5)63-71(103)86(10)41-61(96)87(11)54-24-20-19-21-33-92(70(54)102)57(36-48-27-25-45(4)26-28-48)68(100)85(9)40-59(94)82-53(30-29-49-34-51(77)62(52(78)35-49)76(79,80)81)67(99)93-39-50(107-18-3)37-55(93)66(98)84-75(43-74(7,8)44-75)73(105)90(14)64(47(6)17-2)72(104)89(13)56(69(101)91-31-22-23-32-91)38-60(95)88(12)58(42-106-15)65(97)83-63/h19-20,45-58,62-64H,16-18,21-44H2,1-15H3,(H,82,94)(H,83,97)(H,84,98)/b20-19-/t45?,46-,47?,48?,49?,50+,51?,52?,53-,54-,55-,56-,57-,58-,62?,63-,64-/m0/s1. The van der Waals surface area contributed by atoms with E-state index in [1.807, 2.05) is 19.9 Å². The van der Waals surface area contributed by atoms with Crippen molar-refractivity contribution in [2.75, 3.05) is 102 Å². The molecule has 26 nitrogen and oxygen atoms in total. The van der Waals surface area contributed by atoms with E-state index in [0.29, 0.717) is 51.1 Å². The summed E-state index contributed by atoms with van der Waals surface area (Å²) in [6.07, 6.45) is -4.92. The first-order valence-corrected chi connectivity index (χ1v) is 38.7. The van der Waals surface area contributed by atoms with Crippen LogP contribution >= 0.6 is 0 Å². The van der Waals surface area contributed by atoms with Crippen LogP contribution in [0.2, 0.25) is 0 Å². The van der Waals surface area contributed by atoms with E-state index >= 15 is 37.5 Å². The summed E-state index contributed by atoms with van der Waals surface area (Å²) in [4.78, 5) is 193. The Kier molecular flexibility index (Phi) is 30.6. The van der Waals surface area contributed by atoms with Gasteiger partial charge in [0, 0.05) is 88.6 Å². The Morgan fingerprint density at radius 2 is 1.27 bits per heavy atom. The quantitative estimate of drug-likeness (QED) is 0.144. The molecule has 3 unspecified atom stereocenters. The van der Waals surface area contributed by atoms with Crippen LogP contribution in [0.4, 0.5) is 22.0 Å². The third kappa shape index (κ3) is 21.1. The van der Waals surface area contributed by atoms with Crippen LogP contribution in [0, 0.1) is 40.9 Å². The molecule has 0 aromatic carbocycles. The van der Waals surface area contributed by atoms with E-state index in [2.05, 4.69) is 22.9 Å². The lowest BCUT2D eigenvalue weighted by Crippen LogP contribution is -2.71. The first kappa shape index (κ1) is 87.2. The number of carbonyl (C=O) groups is 12. The first-order chi connectivity index (χ1) is 50.2. The number of nitrogens with zero attached hydrogens (tertiary/aromatic N) is 9. The average Bonchev–Trinajstić information content (AvgIpc) is 1.27. The van der Waals surface area contributed by atoms with Crippen LogP contribution in [0.15, 0.2) is 12.2 Å². The number of amides is 12. The highest BCUT2D eigenvalue weighted by Crippen LogP contribution is 2.50. The molecule has 7 aliphatic rings. The highest BCUT2D eigenvalue weighted by Gasteiger charge is 2.60. The molecule has 4 aliphatic heterocycles. The molecule has 3 saturated carbocycles. The number of likely N-dealkylation sites (tertiary alicyclic amines) is 1. The fraction of sp³-hybridized carbons (Fsp3) is 0.816. The van der Waals surface area contributed by atoms with Crippen LogP contribution in [-0.4, -0.2) is 295 Å². The summed E-state index contributed by atoms with van der Waals surface area (Å²) < 4.78 is 84.6. The SMILES string of the molecule is CCO[C@@H]1C[C@H]2C(=O)NC3(CC(C)(C)C3)C(=O)N(C)[C@@H](C(C)CC)C(=O)N(C)[C@H](C(=O)N3CCCC3)CC(=O)N(C)[C@@H](COC)C(=O)N[C@@H]([C@@H](C)CC)C(=O)N(C)CC(=O)N(C)[C@H]3C/C=C\CCN(C3=O)[C@@H](CC3CCC(C)CC3)C(=O)N(C)CC(=O)N[C@@H](CCC3CC(F)C(C(F)(F)F)C(F)C3)C(=O)N2C1. The number of ether oxygens (including phenoxy) is 2. The largest absolute Gasteiger partial charge is 0.397 e. The lowest BCUT2D eigenvalue weighted by molar-refractivity contribution is -0.219. The average molecular weight is 1520 g/mol. The van der Waals surface area contributed by atoms with Crippen LogP contribution < -0.4 is 16.0 Å². The molecule has 6 fully saturated rings. The first-order valence-electron chi connectivity index (χ1n) is 38.7. The van der Waals surface area contributed by atoms with Gasteiger partial charge < -0.3 is 69.5 Å². The number of halogens is 5. The van der Waals surface area contributed by atoms with E-state index in [0.717, 1.165) is 45.3 Å². The topological polar surface area (TPSA) is 289 Å². The number of hydrogen-bond donors (Lipinski definition) is 3. The maximum atomic E-state index is 15.7. The highest BCUT2D eigenvalue weighted by atomic mass is 19.4. The Balaban J connectivity index is 1.33. The molecule has 13 atom stereocenters. The monoisotopic (exact) mass is 1520 g/mol. The minimum atomic E-state index is -5.18. The molecule has 3 N–H and O–H groups in total. The smallest absolute Gasteiger partial charge is 0.382 e. The Morgan fingerprint density at radius 1 is 0.654 bits per heavy atom. The molecule has 604 valence electrons. The van der Waals surface area contributed by atoms with Crippen molar-refractivity contribution in [3.63, 3.8) is 0 Å². The lowest BCUT2D eigenvalue weighted by atomic mass is 9.58. The van der Waals surface area contributed by atoms with Crippen molar-refractivity contribution in [1.29, 1.82) is 0 Å². The third-order valence-electron chi connectivity index (χ3n) is 24.0. The van der Waals surface area contributed by atoms with E-state index in [1.165, 1.54) is 69.0 Å². The maximum Gasteiger partial charge on any atom is 0.397 e. The number of rotatable bonds is 14. The number of fused-ring (bicyclic) bond motifs is 3. The fourth-order valence-electron chi connectivity index (χ4n) is 17.3. The van der Waals surface area contributed by atoms with Crippen molar-refractivity contribution in [1.82, 2.24) is 60.0 Å². The van der Waals surface area contributed by atoms with Crippen molar-refractivity contribution in [2.45, 2.75) is 256 Å². The predicted octanol–water partition coefficient (Wildman–Crippen LogP) is 5.44. The van der Waals surface area contributed by atoms with Crippen molar-refractivity contribution < 1.29 is 89.0 Å². The molecule has 12 amide bonds. The number of nitrogens with one attached hydrogen (secondary N) is 3. The van der Waals surface area contributed by atoms with Crippen molar-refractivity contribution >= 4 is 70.9 Å². The van der Waals surface area contributed by atoms with Gasteiger partial charge in [0.05, 0.1) is 32.2 Å². The molecule has 4 heterocycles. The molecule has 7 rings (SSSR count). The zero-order valence-corrected chi connectivity index (χ0v) is 65.7. The number of hydrogen-bond acceptors (Lipinski definition) is 14. The summed E-state index contributed by atoms with van der Waals surface area (Å²) >= 11 is 0. The number of carbonyl (C=O) groups excluding carboxylic acids is 12. The number of methoxy groups -OCH3 is 1. The van der Waals surface area contributed by atoms with Crippen molar-refractivity contribution in [3.05, 3.63) is 12.2 Å². The number of alkyl halides is 5. The van der Waals surface area contributed by atoms with Gasteiger partial charge in [-0.25, -0.2) is 8.78 Å².